The molecule has 2 heterocycles. The average Bonchev–Trinajstić information content (AvgIpc) is 2.69. The molecule has 4 nitrogen and oxygen atoms in total. The molecular weight excluding hydrogens is 224 g/mol. The van der Waals surface area contributed by atoms with Crippen LogP contribution in [0.2, 0.25) is 0 Å². The maximum absolute atomic E-state index is 4.64. The van der Waals surface area contributed by atoms with Gasteiger partial charge in [0.1, 0.15) is 5.82 Å². The first kappa shape index (κ1) is 11.7. The lowest BCUT2D eigenvalue weighted by Crippen LogP contribution is -2.53. The van der Waals surface area contributed by atoms with Crippen LogP contribution in [-0.2, 0) is 6.54 Å². The third-order valence-electron chi connectivity index (χ3n) is 3.44. The molecule has 2 atom stereocenters. The van der Waals surface area contributed by atoms with E-state index in [4.69, 9.17) is 0 Å². The quantitative estimate of drug-likeness (QED) is 0.846. The lowest BCUT2D eigenvalue weighted by Gasteiger charge is -2.35. The molecule has 1 aliphatic rings. The van der Waals surface area contributed by atoms with Crippen molar-refractivity contribution in [3.63, 3.8) is 0 Å². The van der Waals surface area contributed by atoms with Crippen molar-refractivity contribution in [3.8, 4) is 0 Å². The van der Waals surface area contributed by atoms with Gasteiger partial charge in [0.05, 0.1) is 17.6 Å². The molecule has 1 saturated heterocycles. The third kappa shape index (κ3) is 2.40. The maximum atomic E-state index is 4.64. The number of imidazole rings is 1. The van der Waals surface area contributed by atoms with Gasteiger partial charge in [-0.2, -0.15) is 0 Å². The van der Waals surface area contributed by atoms with E-state index in [0.717, 1.165) is 36.5 Å². The second-order valence-corrected chi connectivity index (χ2v) is 5.36. The van der Waals surface area contributed by atoms with Crippen molar-refractivity contribution in [2.45, 2.75) is 32.5 Å². The zero-order valence-electron chi connectivity index (χ0n) is 11.0. The van der Waals surface area contributed by atoms with Gasteiger partial charge in [-0.1, -0.05) is 12.1 Å². The smallest absolute Gasteiger partial charge is 0.121 e. The van der Waals surface area contributed by atoms with Gasteiger partial charge in [0.25, 0.3) is 0 Å². The van der Waals surface area contributed by atoms with Crippen molar-refractivity contribution < 1.29 is 0 Å². The van der Waals surface area contributed by atoms with E-state index in [0.29, 0.717) is 12.1 Å². The number of rotatable bonds is 2. The summed E-state index contributed by atoms with van der Waals surface area (Å²) in [7, 11) is 0. The molecule has 18 heavy (non-hydrogen) atoms. The summed E-state index contributed by atoms with van der Waals surface area (Å²) in [5, 5.41) is 3.55. The maximum Gasteiger partial charge on any atom is 0.121 e. The summed E-state index contributed by atoms with van der Waals surface area (Å²) in [6.45, 7) is 7.55. The zero-order chi connectivity index (χ0) is 12.5. The Labute approximate surface area is 107 Å². The molecule has 0 amide bonds. The molecular formula is C14H20N4. The molecule has 2 N–H and O–H groups in total. The predicted octanol–water partition coefficient (Wildman–Crippen LogP) is 1.75. The molecule has 0 aliphatic carbocycles. The van der Waals surface area contributed by atoms with E-state index < -0.39 is 0 Å². The predicted molar refractivity (Wildman–Crippen MR) is 73.4 cm³/mol. The minimum atomic E-state index is 0.554. The Bertz CT molecular complexity index is 490. The van der Waals surface area contributed by atoms with E-state index in [1.165, 1.54) is 0 Å². The summed E-state index contributed by atoms with van der Waals surface area (Å²) in [6.07, 6.45) is 0. The van der Waals surface area contributed by atoms with Gasteiger partial charge in [-0.25, -0.2) is 4.98 Å². The third-order valence-corrected chi connectivity index (χ3v) is 3.44. The van der Waals surface area contributed by atoms with E-state index in [1.54, 1.807) is 0 Å². The van der Waals surface area contributed by atoms with E-state index >= 15 is 0 Å². The molecule has 0 radical (unpaired) electrons. The number of para-hydroxylation sites is 2. The van der Waals surface area contributed by atoms with Gasteiger partial charge in [0.2, 0.25) is 0 Å². The van der Waals surface area contributed by atoms with Crippen molar-refractivity contribution in [1.82, 2.24) is 20.2 Å². The highest BCUT2D eigenvalue weighted by Crippen LogP contribution is 2.13. The first-order chi connectivity index (χ1) is 8.70. The summed E-state index contributed by atoms with van der Waals surface area (Å²) in [6, 6.07) is 9.31. The van der Waals surface area contributed by atoms with Crippen LogP contribution in [0.25, 0.3) is 11.0 Å². The summed E-state index contributed by atoms with van der Waals surface area (Å²) < 4.78 is 0. The van der Waals surface area contributed by atoms with Gasteiger partial charge in [0, 0.05) is 25.2 Å². The largest absolute Gasteiger partial charge is 0.341 e. The van der Waals surface area contributed by atoms with Crippen LogP contribution >= 0.6 is 0 Å². The Kier molecular flexibility index (Phi) is 3.06. The molecule has 1 aliphatic heterocycles. The minimum absolute atomic E-state index is 0.554. The minimum Gasteiger partial charge on any atom is -0.341 e. The molecule has 0 bridgehead atoms. The number of aromatic nitrogens is 2. The Morgan fingerprint density at radius 1 is 1.22 bits per heavy atom. The monoisotopic (exact) mass is 244 g/mol. The van der Waals surface area contributed by atoms with E-state index in [-0.39, 0.29) is 0 Å². The van der Waals surface area contributed by atoms with Crippen LogP contribution in [0.3, 0.4) is 0 Å². The number of nitrogens with zero attached hydrogens (tertiary/aromatic N) is 2. The van der Waals surface area contributed by atoms with Gasteiger partial charge in [-0.3, -0.25) is 4.90 Å². The molecule has 2 aromatic rings. The van der Waals surface area contributed by atoms with Crippen LogP contribution in [0.1, 0.15) is 19.7 Å². The number of nitrogens with one attached hydrogen (secondary N) is 2. The number of benzene rings is 1. The van der Waals surface area contributed by atoms with Crippen molar-refractivity contribution in [3.05, 3.63) is 30.1 Å². The highest BCUT2D eigenvalue weighted by atomic mass is 15.2. The van der Waals surface area contributed by atoms with E-state index in [2.05, 4.69) is 46.2 Å². The van der Waals surface area contributed by atoms with Crippen LogP contribution < -0.4 is 5.32 Å². The summed E-state index contributed by atoms with van der Waals surface area (Å²) >= 11 is 0. The van der Waals surface area contributed by atoms with Gasteiger partial charge in [0.15, 0.2) is 0 Å². The Hall–Kier alpha value is -1.39. The summed E-state index contributed by atoms with van der Waals surface area (Å²) in [5.41, 5.74) is 2.19. The second kappa shape index (κ2) is 4.71. The fraction of sp³-hybridized carbons (Fsp3) is 0.500. The van der Waals surface area contributed by atoms with Crippen molar-refractivity contribution in [2.75, 3.05) is 13.1 Å². The standard InChI is InChI=1S/C14H20N4/c1-10-7-18(8-11(2)15-10)9-14-16-12-5-3-4-6-13(12)17-14/h3-6,10-11,15H,7-9H2,1-2H3,(H,16,17). The molecule has 0 saturated carbocycles. The van der Waals surface area contributed by atoms with Crippen LogP contribution in [0, 0.1) is 0 Å². The number of H-pyrrole nitrogens is 1. The molecule has 1 fully saturated rings. The van der Waals surface area contributed by atoms with E-state index in [9.17, 15) is 0 Å². The van der Waals surface area contributed by atoms with Crippen molar-refractivity contribution >= 4 is 11.0 Å². The fourth-order valence-corrected chi connectivity index (χ4v) is 2.86. The van der Waals surface area contributed by atoms with Crippen molar-refractivity contribution in [1.29, 1.82) is 0 Å². The molecule has 0 spiro atoms. The SMILES string of the molecule is CC1CN(Cc2nc3ccccc3[nH]2)CC(C)N1. The zero-order valence-corrected chi connectivity index (χ0v) is 11.0. The number of fused-ring (bicyclic) bond motifs is 1. The van der Waals surface area contributed by atoms with E-state index in [1.807, 2.05) is 12.1 Å². The van der Waals surface area contributed by atoms with Crippen LogP contribution in [0.4, 0.5) is 0 Å². The Balaban J connectivity index is 1.75. The fourth-order valence-electron chi connectivity index (χ4n) is 2.86. The van der Waals surface area contributed by atoms with Crippen molar-refractivity contribution in [2.24, 2.45) is 0 Å². The highest BCUT2D eigenvalue weighted by Gasteiger charge is 2.21. The number of hydrogen-bond donors (Lipinski definition) is 2. The summed E-state index contributed by atoms with van der Waals surface area (Å²) in [4.78, 5) is 10.5. The topological polar surface area (TPSA) is 44.0 Å². The van der Waals surface area contributed by atoms with Gasteiger partial charge < -0.3 is 10.3 Å². The molecule has 96 valence electrons. The highest BCUT2D eigenvalue weighted by molar-refractivity contribution is 5.74. The average molecular weight is 244 g/mol. The molecule has 2 unspecified atom stereocenters. The van der Waals surface area contributed by atoms with Gasteiger partial charge in [-0.15, -0.1) is 0 Å². The second-order valence-electron chi connectivity index (χ2n) is 5.36. The molecule has 1 aromatic heterocycles. The number of hydrogen-bond acceptors (Lipinski definition) is 3. The first-order valence-corrected chi connectivity index (χ1v) is 6.63. The first-order valence-electron chi connectivity index (χ1n) is 6.63. The number of piperazine rings is 1. The van der Waals surface area contributed by atoms with Crippen LogP contribution in [0.5, 0.6) is 0 Å². The molecule has 4 heteroatoms. The van der Waals surface area contributed by atoms with Crippen LogP contribution in [0.15, 0.2) is 24.3 Å². The van der Waals surface area contributed by atoms with Crippen LogP contribution in [-0.4, -0.2) is 40.0 Å². The van der Waals surface area contributed by atoms with Gasteiger partial charge >= 0.3 is 0 Å². The normalized spacial score (nSPS) is 25.7. The molecule has 3 rings (SSSR count). The lowest BCUT2D eigenvalue weighted by molar-refractivity contribution is 0.163. The van der Waals surface area contributed by atoms with Gasteiger partial charge in [-0.05, 0) is 26.0 Å². The number of aromatic amines is 1. The molecule has 1 aromatic carbocycles. The Morgan fingerprint density at radius 2 is 1.94 bits per heavy atom. The summed E-state index contributed by atoms with van der Waals surface area (Å²) in [5.74, 6) is 1.07. The Morgan fingerprint density at radius 3 is 2.67 bits per heavy atom. The lowest BCUT2D eigenvalue weighted by atomic mass is 10.1.